The molecule has 1 aliphatic rings. The highest BCUT2D eigenvalue weighted by molar-refractivity contribution is 5.85. The van der Waals surface area contributed by atoms with Crippen LogP contribution in [-0.2, 0) is 16.1 Å². The number of nitrogens with two attached hydrogens (primary N) is 1. The van der Waals surface area contributed by atoms with Gasteiger partial charge in [-0.2, -0.15) is 0 Å². The third-order valence-electron chi connectivity index (χ3n) is 4.63. The topological polar surface area (TPSA) is 67.6 Å². The van der Waals surface area contributed by atoms with E-state index in [-0.39, 0.29) is 49.3 Å². The maximum Gasteiger partial charge on any atom is 0.221 e. The third kappa shape index (κ3) is 7.78. The summed E-state index contributed by atoms with van der Waals surface area (Å²) in [4.78, 5) is 14.5. The van der Waals surface area contributed by atoms with Crippen LogP contribution in [0.2, 0.25) is 0 Å². The first kappa shape index (κ1) is 24.4. The minimum absolute atomic E-state index is 0. The predicted molar refractivity (Wildman–Crippen MR) is 117 cm³/mol. The van der Waals surface area contributed by atoms with Gasteiger partial charge in [-0.15, -0.1) is 24.8 Å². The van der Waals surface area contributed by atoms with Gasteiger partial charge < -0.3 is 15.8 Å². The van der Waals surface area contributed by atoms with E-state index in [0.717, 1.165) is 25.2 Å². The minimum Gasteiger partial charge on any atom is -0.374 e. The van der Waals surface area contributed by atoms with E-state index in [9.17, 15) is 4.79 Å². The van der Waals surface area contributed by atoms with Gasteiger partial charge in [-0.25, -0.2) is 0 Å². The fraction of sp³-hybridized carbons (Fsp3) is 0.381. The van der Waals surface area contributed by atoms with E-state index in [1.807, 2.05) is 36.4 Å². The Balaban J connectivity index is 0.00000196. The van der Waals surface area contributed by atoms with Crippen LogP contribution in [0.5, 0.6) is 0 Å². The quantitative estimate of drug-likeness (QED) is 0.715. The Morgan fingerprint density at radius 2 is 1.75 bits per heavy atom. The van der Waals surface area contributed by atoms with Gasteiger partial charge in [0, 0.05) is 38.6 Å². The Morgan fingerprint density at radius 1 is 1.11 bits per heavy atom. The molecule has 5 nitrogen and oxygen atoms in total. The lowest BCUT2D eigenvalue weighted by atomic mass is 10.0. The first-order valence-corrected chi connectivity index (χ1v) is 9.16. The number of hydrogen-bond donors (Lipinski definition) is 2. The second-order valence-electron chi connectivity index (χ2n) is 6.74. The van der Waals surface area contributed by atoms with E-state index >= 15 is 0 Å². The lowest BCUT2D eigenvalue weighted by molar-refractivity contribution is -0.122. The van der Waals surface area contributed by atoms with Crippen LogP contribution in [0.25, 0.3) is 0 Å². The Hall–Kier alpha value is -1.63. The molecule has 0 spiro atoms. The molecule has 1 saturated heterocycles. The Kier molecular flexibility index (Phi) is 11.1. The van der Waals surface area contributed by atoms with Gasteiger partial charge in [0.2, 0.25) is 5.91 Å². The van der Waals surface area contributed by atoms with E-state index in [1.54, 1.807) is 0 Å². The molecule has 0 bridgehead atoms. The van der Waals surface area contributed by atoms with Crippen molar-refractivity contribution in [1.29, 1.82) is 0 Å². The highest BCUT2D eigenvalue weighted by Crippen LogP contribution is 2.13. The molecule has 3 N–H and O–H groups in total. The van der Waals surface area contributed by atoms with Crippen LogP contribution in [0, 0.1) is 0 Å². The molecule has 1 heterocycles. The number of nitrogens with zero attached hydrogens (tertiary/aromatic N) is 1. The Labute approximate surface area is 179 Å². The summed E-state index contributed by atoms with van der Waals surface area (Å²) >= 11 is 0. The molecule has 1 aliphatic heterocycles. The van der Waals surface area contributed by atoms with Gasteiger partial charge in [-0.05, 0) is 11.1 Å². The van der Waals surface area contributed by atoms with Crippen molar-refractivity contribution in [2.45, 2.75) is 25.1 Å². The number of morpholine rings is 1. The molecule has 2 aromatic rings. The Morgan fingerprint density at radius 3 is 2.43 bits per heavy atom. The molecule has 2 atom stereocenters. The molecule has 2 unspecified atom stereocenters. The van der Waals surface area contributed by atoms with Gasteiger partial charge >= 0.3 is 0 Å². The van der Waals surface area contributed by atoms with E-state index < -0.39 is 0 Å². The smallest absolute Gasteiger partial charge is 0.221 e. The summed E-state index contributed by atoms with van der Waals surface area (Å²) in [5.74, 6) is -0.0369. The molecule has 0 aliphatic carbocycles. The van der Waals surface area contributed by atoms with Gasteiger partial charge in [0.15, 0.2) is 0 Å². The normalized spacial score (nSPS) is 17.7. The molecule has 1 fully saturated rings. The van der Waals surface area contributed by atoms with Crippen molar-refractivity contribution in [2.24, 2.45) is 5.73 Å². The molecule has 154 valence electrons. The molecule has 3 rings (SSSR count). The van der Waals surface area contributed by atoms with Crippen molar-refractivity contribution in [2.75, 3.05) is 26.2 Å². The zero-order valence-electron chi connectivity index (χ0n) is 15.8. The summed E-state index contributed by atoms with van der Waals surface area (Å²) in [7, 11) is 0. The van der Waals surface area contributed by atoms with Gasteiger partial charge in [0.25, 0.3) is 0 Å². The van der Waals surface area contributed by atoms with E-state index in [4.69, 9.17) is 10.5 Å². The SMILES string of the molecule is Cl.Cl.NC(CC(=O)NCC1CN(Cc2ccccc2)CCO1)c1ccccc1. The zero-order valence-corrected chi connectivity index (χ0v) is 17.5. The molecule has 0 saturated carbocycles. The van der Waals surface area contributed by atoms with Crippen molar-refractivity contribution >= 4 is 30.7 Å². The lowest BCUT2D eigenvalue weighted by Gasteiger charge is -2.33. The highest BCUT2D eigenvalue weighted by atomic mass is 35.5. The highest BCUT2D eigenvalue weighted by Gasteiger charge is 2.21. The lowest BCUT2D eigenvalue weighted by Crippen LogP contribution is -2.47. The summed E-state index contributed by atoms with van der Waals surface area (Å²) in [6.45, 7) is 3.86. The first-order valence-electron chi connectivity index (χ1n) is 9.16. The summed E-state index contributed by atoms with van der Waals surface area (Å²) in [5, 5.41) is 2.97. The standard InChI is InChI=1S/C21H27N3O2.2ClH/c22-20(18-9-5-2-6-10-18)13-21(25)23-14-19-16-24(11-12-26-19)15-17-7-3-1-4-8-17;;/h1-10,19-20H,11-16,22H2,(H,23,25);2*1H. The molecule has 7 heteroatoms. The van der Waals surface area contributed by atoms with E-state index in [1.165, 1.54) is 5.56 Å². The van der Waals surface area contributed by atoms with Crippen molar-refractivity contribution < 1.29 is 9.53 Å². The molecular formula is C21H29Cl2N3O2. The van der Waals surface area contributed by atoms with E-state index in [0.29, 0.717) is 13.2 Å². The fourth-order valence-corrected chi connectivity index (χ4v) is 3.21. The third-order valence-corrected chi connectivity index (χ3v) is 4.63. The average Bonchev–Trinajstić information content (AvgIpc) is 2.68. The second-order valence-corrected chi connectivity index (χ2v) is 6.74. The maximum atomic E-state index is 12.2. The van der Waals surface area contributed by atoms with Gasteiger partial charge in [0.05, 0.1) is 12.7 Å². The number of halogens is 2. The van der Waals surface area contributed by atoms with Crippen molar-refractivity contribution in [3.05, 3.63) is 71.8 Å². The molecule has 0 aromatic heterocycles. The van der Waals surface area contributed by atoms with E-state index in [2.05, 4.69) is 34.5 Å². The Bertz CT molecular complexity index is 689. The summed E-state index contributed by atoms with van der Waals surface area (Å²) < 4.78 is 5.80. The van der Waals surface area contributed by atoms with Crippen LogP contribution in [0.3, 0.4) is 0 Å². The largest absolute Gasteiger partial charge is 0.374 e. The summed E-state index contributed by atoms with van der Waals surface area (Å²) in [6.07, 6.45) is 0.300. The fourth-order valence-electron chi connectivity index (χ4n) is 3.21. The van der Waals surface area contributed by atoms with Crippen molar-refractivity contribution in [3.63, 3.8) is 0 Å². The number of carbonyl (C=O) groups is 1. The number of nitrogens with one attached hydrogen (secondary N) is 1. The summed E-state index contributed by atoms with van der Waals surface area (Å²) in [5.41, 5.74) is 8.39. The maximum absolute atomic E-state index is 12.2. The number of rotatable bonds is 7. The van der Waals surface area contributed by atoms with Gasteiger partial charge in [-0.1, -0.05) is 60.7 Å². The minimum atomic E-state index is -0.280. The number of benzene rings is 2. The number of carbonyl (C=O) groups excluding carboxylic acids is 1. The number of amides is 1. The van der Waals surface area contributed by atoms with Crippen LogP contribution in [0.1, 0.15) is 23.6 Å². The zero-order chi connectivity index (χ0) is 18.2. The summed E-state index contributed by atoms with van der Waals surface area (Å²) in [6, 6.07) is 19.8. The molecule has 1 amide bonds. The van der Waals surface area contributed by atoms with Crippen LogP contribution in [0.4, 0.5) is 0 Å². The first-order chi connectivity index (χ1) is 12.7. The van der Waals surface area contributed by atoms with Crippen molar-refractivity contribution in [1.82, 2.24) is 10.2 Å². The predicted octanol–water partition coefficient (Wildman–Crippen LogP) is 2.94. The number of hydrogen-bond acceptors (Lipinski definition) is 4. The number of ether oxygens (including phenoxy) is 1. The van der Waals surface area contributed by atoms with Crippen molar-refractivity contribution in [3.8, 4) is 0 Å². The average molecular weight is 426 g/mol. The monoisotopic (exact) mass is 425 g/mol. The van der Waals surface area contributed by atoms with Crippen LogP contribution < -0.4 is 11.1 Å². The van der Waals surface area contributed by atoms with Gasteiger partial charge in [0.1, 0.15) is 0 Å². The second kappa shape index (κ2) is 12.8. The van der Waals surface area contributed by atoms with Crippen LogP contribution >= 0.6 is 24.8 Å². The van der Waals surface area contributed by atoms with Crippen LogP contribution in [0.15, 0.2) is 60.7 Å². The molecule has 2 aromatic carbocycles. The molecule has 0 radical (unpaired) electrons. The molecular weight excluding hydrogens is 397 g/mol. The van der Waals surface area contributed by atoms with Gasteiger partial charge in [-0.3, -0.25) is 9.69 Å². The molecule has 28 heavy (non-hydrogen) atoms. The van der Waals surface area contributed by atoms with Crippen LogP contribution in [-0.4, -0.2) is 43.2 Å².